The van der Waals surface area contributed by atoms with Crippen LogP contribution in [0.4, 0.5) is 0 Å². The third-order valence-corrected chi connectivity index (χ3v) is 7.32. The average molecular weight is 450 g/mol. The van der Waals surface area contributed by atoms with Crippen LogP contribution in [0.1, 0.15) is 41.5 Å². The molecule has 4 rings (SSSR count). The lowest BCUT2D eigenvalue weighted by Crippen LogP contribution is -2.38. The molecule has 1 amide bonds. The average Bonchev–Trinajstić information content (AvgIpc) is 3.17. The van der Waals surface area contributed by atoms with E-state index in [1.54, 1.807) is 0 Å². The lowest BCUT2D eigenvalue weighted by atomic mass is 9.99. The predicted octanol–water partition coefficient (Wildman–Crippen LogP) is 0.925. The second-order valence-corrected chi connectivity index (χ2v) is 10.3. The molecule has 0 bridgehead atoms. The van der Waals surface area contributed by atoms with Gasteiger partial charge in [0.15, 0.2) is 5.69 Å². The number of pyridine rings is 1. The zero-order chi connectivity index (χ0) is 21.8. The molecule has 2 aromatic rings. The van der Waals surface area contributed by atoms with Crippen LogP contribution in [0.5, 0.6) is 0 Å². The van der Waals surface area contributed by atoms with Crippen molar-refractivity contribution < 1.29 is 17.9 Å². The maximum atomic E-state index is 12.9. The van der Waals surface area contributed by atoms with Crippen molar-refractivity contribution >= 4 is 21.4 Å². The van der Waals surface area contributed by atoms with Crippen molar-refractivity contribution in [2.24, 2.45) is 0 Å². The number of carbonyl (C=O) groups excluding carboxylic acids is 1. The summed E-state index contributed by atoms with van der Waals surface area (Å²) in [5, 5.41) is 3.00. The summed E-state index contributed by atoms with van der Waals surface area (Å²) in [4.78, 5) is 19.9. The summed E-state index contributed by atoms with van der Waals surface area (Å²) >= 11 is 0. The van der Waals surface area contributed by atoms with Gasteiger partial charge in [0.05, 0.1) is 25.0 Å². The Morgan fingerprint density at radius 1 is 1.26 bits per heavy atom. The summed E-state index contributed by atoms with van der Waals surface area (Å²) in [6.45, 7) is 5.87. The minimum atomic E-state index is -3.25. The van der Waals surface area contributed by atoms with Gasteiger partial charge >= 0.3 is 0 Å². The quantitative estimate of drug-likeness (QED) is 0.632. The summed E-state index contributed by atoms with van der Waals surface area (Å²) in [7, 11) is -3.25. The summed E-state index contributed by atoms with van der Waals surface area (Å²) in [5.41, 5.74) is 1.15. The Kier molecular flexibility index (Phi) is 6.90. The van der Waals surface area contributed by atoms with Gasteiger partial charge in [-0.25, -0.2) is 17.7 Å². The van der Waals surface area contributed by atoms with Crippen molar-refractivity contribution in [1.82, 2.24) is 23.9 Å². The van der Waals surface area contributed by atoms with Crippen molar-refractivity contribution in [3.8, 4) is 0 Å². The highest BCUT2D eigenvalue weighted by atomic mass is 32.2. The smallest absolute Gasteiger partial charge is 0.272 e. The summed E-state index contributed by atoms with van der Waals surface area (Å²) in [6, 6.07) is 5.68. The van der Waals surface area contributed by atoms with E-state index in [0.717, 1.165) is 63.5 Å². The molecule has 0 aromatic carbocycles. The Hall–Kier alpha value is -2.01. The highest BCUT2D eigenvalue weighted by Crippen LogP contribution is 2.29. The molecular weight excluding hydrogens is 418 g/mol. The molecule has 2 aliphatic rings. The highest BCUT2D eigenvalue weighted by molar-refractivity contribution is 7.88. The van der Waals surface area contributed by atoms with E-state index in [2.05, 4.69) is 10.2 Å². The number of hydrogen-bond donors (Lipinski definition) is 1. The SMILES string of the molecule is CS(=O)(=O)N1CCCC(c2nc(C(=O)NCCCN3CCOCC3)c3ccccn23)C1. The number of fused-ring (bicyclic) bond motifs is 1. The fourth-order valence-corrected chi connectivity index (χ4v) is 5.30. The number of nitrogens with zero attached hydrogens (tertiary/aromatic N) is 4. The summed E-state index contributed by atoms with van der Waals surface area (Å²) in [6.07, 6.45) is 5.64. The lowest BCUT2D eigenvalue weighted by Gasteiger charge is -2.30. The van der Waals surface area contributed by atoms with Gasteiger partial charge in [-0.15, -0.1) is 0 Å². The van der Waals surface area contributed by atoms with Crippen molar-refractivity contribution in [3.63, 3.8) is 0 Å². The molecule has 0 saturated carbocycles. The van der Waals surface area contributed by atoms with Gasteiger partial charge in [-0.05, 0) is 37.9 Å². The Labute approximate surface area is 183 Å². The van der Waals surface area contributed by atoms with E-state index in [9.17, 15) is 13.2 Å². The van der Waals surface area contributed by atoms with Gasteiger partial charge in [-0.1, -0.05) is 6.07 Å². The van der Waals surface area contributed by atoms with Gasteiger partial charge in [0, 0.05) is 44.8 Å². The van der Waals surface area contributed by atoms with Crippen LogP contribution in [-0.2, 0) is 14.8 Å². The van der Waals surface area contributed by atoms with Crippen LogP contribution in [0.3, 0.4) is 0 Å². The molecule has 9 nitrogen and oxygen atoms in total. The van der Waals surface area contributed by atoms with Crippen molar-refractivity contribution in [3.05, 3.63) is 35.9 Å². The van der Waals surface area contributed by atoms with Crippen LogP contribution in [0.15, 0.2) is 24.4 Å². The number of carbonyl (C=O) groups is 1. The summed E-state index contributed by atoms with van der Waals surface area (Å²) < 4.78 is 32.9. The van der Waals surface area contributed by atoms with Crippen LogP contribution in [0, 0.1) is 0 Å². The molecule has 2 fully saturated rings. The fraction of sp³-hybridized carbons (Fsp3) is 0.619. The van der Waals surface area contributed by atoms with Gasteiger partial charge < -0.3 is 14.5 Å². The van der Waals surface area contributed by atoms with Crippen molar-refractivity contribution in [2.75, 3.05) is 58.7 Å². The van der Waals surface area contributed by atoms with Crippen LogP contribution in [0.25, 0.3) is 5.52 Å². The van der Waals surface area contributed by atoms with Crippen LogP contribution < -0.4 is 5.32 Å². The topological polar surface area (TPSA) is 96.2 Å². The molecule has 0 spiro atoms. The van der Waals surface area contributed by atoms with Gasteiger partial charge in [0.1, 0.15) is 5.82 Å². The number of sulfonamides is 1. The molecule has 0 radical (unpaired) electrons. The molecule has 1 unspecified atom stereocenters. The Bertz CT molecular complexity index is 1020. The molecular formula is C21H31N5O4S. The van der Waals surface area contributed by atoms with E-state index in [-0.39, 0.29) is 11.8 Å². The lowest BCUT2D eigenvalue weighted by molar-refractivity contribution is 0.0374. The molecule has 31 heavy (non-hydrogen) atoms. The molecule has 2 aromatic heterocycles. The number of imidazole rings is 1. The number of morpholine rings is 1. The van der Waals surface area contributed by atoms with E-state index in [0.29, 0.717) is 25.3 Å². The number of rotatable bonds is 7. The molecule has 1 atom stereocenters. The van der Waals surface area contributed by atoms with Crippen LogP contribution in [-0.4, -0.2) is 91.7 Å². The monoisotopic (exact) mass is 449 g/mol. The van der Waals surface area contributed by atoms with Crippen LogP contribution in [0.2, 0.25) is 0 Å². The Balaban J connectivity index is 1.45. The van der Waals surface area contributed by atoms with E-state index in [4.69, 9.17) is 9.72 Å². The number of piperidine rings is 1. The molecule has 0 aliphatic carbocycles. The number of nitrogens with one attached hydrogen (secondary N) is 1. The zero-order valence-electron chi connectivity index (χ0n) is 18.0. The molecule has 10 heteroatoms. The van der Waals surface area contributed by atoms with Gasteiger partial charge in [-0.2, -0.15) is 0 Å². The number of ether oxygens (including phenoxy) is 1. The standard InChI is InChI=1S/C21H31N5O4S/c1-31(28,29)25-10-4-6-17(16-25)20-23-19(18-7-2-3-11-26(18)20)21(27)22-8-5-9-24-12-14-30-15-13-24/h2-3,7,11,17H,4-6,8-10,12-16H2,1H3,(H,22,27). The zero-order valence-corrected chi connectivity index (χ0v) is 18.8. The van der Waals surface area contributed by atoms with Crippen molar-refractivity contribution in [2.45, 2.75) is 25.2 Å². The summed E-state index contributed by atoms with van der Waals surface area (Å²) in [5.74, 6) is 0.524. The van der Waals surface area contributed by atoms with E-state index >= 15 is 0 Å². The maximum absolute atomic E-state index is 12.9. The van der Waals surface area contributed by atoms with E-state index < -0.39 is 10.0 Å². The first-order valence-electron chi connectivity index (χ1n) is 10.9. The number of hydrogen-bond acceptors (Lipinski definition) is 6. The third-order valence-electron chi connectivity index (χ3n) is 6.05. The normalized spacial score (nSPS) is 21.4. The fourth-order valence-electron chi connectivity index (χ4n) is 4.38. The van der Waals surface area contributed by atoms with Gasteiger partial charge in [-0.3, -0.25) is 9.69 Å². The second kappa shape index (κ2) is 9.64. The Morgan fingerprint density at radius 3 is 2.84 bits per heavy atom. The molecule has 2 aliphatic heterocycles. The first kappa shape index (κ1) is 22.2. The van der Waals surface area contributed by atoms with Crippen molar-refractivity contribution in [1.29, 1.82) is 0 Å². The predicted molar refractivity (Wildman–Crippen MR) is 118 cm³/mol. The van der Waals surface area contributed by atoms with Gasteiger partial charge in [0.2, 0.25) is 10.0 Å². The maximum Gasteiger partial charge on any atom is 0.272 e. The van der Waals surface area contributed by atoms with E-state index in [1.165, 1.54) is 10.6 Å². The first-order chi connectivity index (χ1) is 14.9. The third kappa shape index (κ3) is 5.25. The molecule has 170 valence electrons. The number of aromatic nitrogens is 2. The molecule has 2 saturated heterocycles. The number of amides is 1. The molecule has 1 N–H and O–H groups in total. The largest absolute Gasteiger partial charge is 0.379 e. The minimum Gasteiger partial charge on any atom is -0.379 e. The van der Waals surface area contributed by atoms with Crippen LogP contribution >= 0.6 is 0 Å². The minimum absolute atomic E-state index is 0.0405. The van der Waals surface area contributed by atoms with Gasteiger partial charge in [0.25, 0.3) is 5.91 Å². The van der Waals surface area contributed by atoms with E-state index in [1.807, 2.05) is 28.8 Å². The first-order valence-corrected chi connectivity index (χ1v) is 12.8. The highest BCUT2D eigenvalue weighted by Gasteiger charge is 2.30. The second-order valence-electron chi connectivity index (χ2n) is 8.30. The Morgan fingerprint density at radius 2 is 2.06 bits per heavy atom. The molecule has 4 heterocycles.